The molecule has 19 heavy (non-hydrogen) atoms. The van der Waals surface area contributed by atoms with Crippen molar-refractivity contribution in [2.45, 2.75) is 18.8 Å². The first-order chi connectivity index (χ1) is 9.29. The monoisotopic (exact) mass is 279 g/mol. The van der Waals surface area contributed by atoms with Crippen molar-refractivity contribution < 1.29 is 4.74 Å². The third kappa shape index (κ3) is 4.83. The Labute approximate surface area is 122 Å². The van der Waals surface area contributed by atoms with Crippen LogP contribution >= 0.6 is 12.6 Å². The smallest absolute Gasteiger partial charge is 0.0506 e. The van der Waals surface area contributed by atoms with Gasteiger partial charge in [-0.3, -0.25) is 0 Å². The third-order valence-corrected chi connectivity index (χ3v) is 4.29. The van der Waals surface area contributed by atoms with Crippen LogP contribution in [0.15, 0.2) is 30.3 Å². The van der Waals surface area contributed by atoms with Crippen molar-refractivity contribution in [1.82, 2.24) is 4.90 Å². The molecule has 2 rings (SSSR count). The summed E-state index contributed by atoms with van der Waals surface area (Å²) in [5.41, 5.74) is 1.39. The molecule has 1 aliphatic heterocycles. The number of rotatable bonds is 6. The van der Waals surface area contributed by atoms with Crippen molar-refractivity contribution in [3.8, 4) is 0 Å². The van der Waals surface area contributed by atoms with Crippen LogP contribution in [-0.4, -0.2) is 44.0 Å². The minimum absolute atomic E-state index is 0.513. The van der Waals surface area contributed by atoms with Gasteiger partial charge in [0.15, 0.2) is 0 Å². The van der Waals surface area contributed by atoms with Gasteiger partial charge in [-0.15, -0.1) is 0 Å². The van der Waals surface area contributed by atoms with E-state index in [1.54, 1.807) is 0 Å². The van der Waals surface area contributed by atoms with Crippen LogP contribution in [0.4, 0.5) is 0 Å². The highest BCUT2D eigenvalue weighted by molar-refractivity contribution is 7.80. The second kappa shape index (κ2) is 7.93. The van der Waals surface area contributed by atoms with E-state index in [9.17, 15) is 0 Å². The van der Waals surface area contributed by atoms with Crippen LogP contribution in [0.25, 0.3) is 0 Å². The molecule has 1 aromatic rings. The van der Waals surface area contributed by atoms with Gasteiger partial charge in [-0.2, -0.15) is 12.6 Å². The van der Waals surface area contributed by atoms with E-state index in [1.165, 1.54) is 18.4 Å². The summed E-state index contributed by atoms with van der Waals surface area (Å²) in [6.07, 6.45) is 2.52. The van der Waals surface area contributed by atoms with Gasteiger partial charge in [-0.1, -0.05) is 30.3 Å². The number of thiol groups is 1. The van der Waals surface area contributed by atoms with Gasteiger partial charge in [-0.05, 0) is 37.1 Å². The quantitative estimate of drug-likeness (QED) is 0.804. The minimum Gasteiger partial charge on any atom is -0.381 e. The molecule has 0 radical (unpaired) electrons. The fourth-order valence-electron chi connectivity index (χ4n) is 2.84. The Morgan fingerprint density at radius 2 is 2.16 bits per heavy atom. The predicted octanol–water partition coefficient (Wildman–Crippen LogP) is 3.06. The first kappa shape index (κ1) is 14.9. The largest absolute Gasteiger partial charge is 0.381 e. The topological polar surface area (TPSA) is 12.5 Å². The van der Waals surface area contributed by atoms with Gasteiger partial charge in [0.2, 0.25) is 0 Å². The van der Waals surface area contributed by atoms with Gasteiger partial charge < -0.3 is 9.64 Å². The van der Waals surface area contributed by atoms with E-state index >= 15 is 0 Å². The second-order valence-electron chi connectivity index (χ2n) is 5.59. The standard InChI is InChI=1S/C16H25NOS/c1-17(10-14-6-5-9-18-12-14)11-16(13-19)15-7-3-2-4-8-15/h2-4,7-8,14,16,19H,5-6,9-13H2,1H3. The van der Waals surface area contributed by atoms with Crippen molar-refractivity contribution in [2.24, 2.45) is 5.92 Å². The van der Waals surface area contributed by atoms with E-state index in [0.29, 0.717) is 11.8 Å². The Morgan fingerprint density at radius 1 is 1.37 bits per heavy atom. The molecule has 1 aromatic carbocycles. The molecule has 1 heterocycles. The normalized spacial score (nSPS) is 21.5. The van der Waals surface area contributed by atoms with Crippen molar-refractivity contribution in [1.29, 1.82) is 0 Å². The molecule has 0 N–H and O–H groups in total. The number of ether oxygens (including phenoxy) is 1. The van der Waals surface area contributed by atoms with Crippen LogP contribution in [0.1, 0.15) is 24.3 Å². The lowest BCUT2D eigenvalue weighted by Crippen LogP contribution is -2.33. The van der Waals surface area contributed by atoms with Crippen molar-refractivity contribution in [2.75, 3.05) is 39.1 Å². The first-order valence-corrected chi connectivity index (χ1v) is 7.85. The van der Waals surface area contributed by atoms with Gasteiger partial charge in [-0.25, -0.2) is 0 Å². The summed E-state index contributed by atoms with van der Waals surface area (Å²) in [5.74, 6) is 2.12. The van der Waals surface area contributed by atoms with Gasteiger partial charge in [0.25, 0.3) is 0 Å². The van der Waals surface area contributed by atoms with Crippen LogP contribution in [0.5, 0.6) is 0 Å². The molecule has 0 aromatic heterocycles. The summed E-state index contributed by atoms with van der Waals surface area (Å²) in [5, 5.41) is 0. The molecular formula is C16H25NOS. The number of hydrogen-bond acceptors (Lipinski definition) is 3. The molecule has 3 heteroatoms. The Hall–Kier alpha value is -0.510. The SMILES string of the molecule is CN(CC1CCCOC1)CC(CS)c1ccccc1. The molecule has 2 nitrogen and oxygen atoms in total. The molecule has 1 aliphatic rings. The molecular weight excluding hydrogens is 254 g/mol. The van der Waals surface area contributed by atoms with Gasteiger partial charge in [0.1, 0.15) is 0 Å². The average Bonchev–Trinajstić information content (AvgIpc) is 2.47. The zero-order chi connectivity index (χ0) is 13.5. The molecule has 0 saturated carbocycles. The second-order valence-corrected chi connectivity index (χ2v) is 5.96. The van der Waals surface area contributed by atoms with E-state index < -0.39 is 0 Å². The summed E-state index contributed by atoms with van der Waals surface area (Å²) >= 11 is 4.52. The number of nitrogens with zero attached hydrogens (tertiary/aromatic N) is 1. The van der Waals surface area contributed by atoms with Crippen molar-refractivity contribution in [3.63, 3.8) is 0 Å². The zero-order valence-corrected chi connectivity index (χ0v) is 12.7. The maximum atomic E-state index is 5.56. The van der Waals surface area contributed by atoms with E-state index in [-0.39, 0.29) is 0 Å². The molecule has 106 valence electrons. The fraction of sp³-hybridized carbons (Fsp3) is 0.625. The lowest BCUT2D eigenvalue weighted by atomic mass is 9.98. The summed E-state index contributed by atoms with van der Waals surface area (Å²) in [4.78, 5) is 2.44. The van der Waals surface area contributed by atoms with E-state index in [1.807, 2.05) is 0 Å². The highest BCUT2D eigenvalue weighted by atomic mass is 32.1. The number of likely N-dealkylation sites (N-methyl/N-ethyl adjacent to an activating group) is 1. The molecule has 0 amide bonds. The highest BCUT2D eigenvalue weighted by Gasteiger charge is 2.18. The van der Waals surface area contributed by atoms with Crippen molar-refractivity contribution in [3.05, 3.63) is 35.9 Å². The molecule has 0 spiro atoms. The van der Waals surface area contributed by atoms with E-state index in [2.05, 4.69) is 54.9 Å². The summed E-state index contributed by atoms with van der Waals surface area (Å²) in [6.45, 7) is 4.09. The van der Waals surface area contributed by atoms with Crippen LogP contribution in [0.2, 0.25) is 0 Å². The highest BCUT2D eigenvalue weighted by Crippen LogP contribution is 2.20. The maximum Gasteiger partial charge on any atom is 0.0506 e. The van der Waals surface area contributed by atoms with Crippen LogP contribution in [0.3, 0.4) is 0 Å². The van der Waals surface area contributed by atoms with E-state index in [4.69, 9.17) is 4.74 Å². The first-order valence-electron chi connectivity index (χ1n) is 7.21. The number of benzene rings is 1. The average molecular weight is 279 g/mol. The summed E-state index contributed by atoms with van der Waals surface area (Å²) in [6, 6.07) is 10.7. The predicted molar refractivity (Wildman–Crippen MR) is 84.1 cm³/mol. The Balaban J connectivity index is 1.84. The van der Waals surface area contributed by atoms with Crippen molar-refractivity contribution >= 4 is 12.6 Å². The maximum absolute atomic E-state index is 5.56. The number of hydrogen-bond donors (Lipinski definition) is 1. The van der Waals surface area contributed by atoms with Gasteiger partial charge in [0.05, 0.1) is 6.61 Å². The molecule has 2 atom stereocenters. The van der Waals surface area contributed by atoms with Gasteiger partial charge >= 0.3 is 0 Å². The molecule has 2 unspecified atom stereocenters. The third-order valence-electron chi connectivity index (χ3n) is 3.85. The summed E-state index contributed by atoms with van der Waals surface area (Å²) in [7, 11) is 2.22. The molecule has 0 bridgehead atoms. The Morgan fingerprint density at radius 3 is 2.79 bits per heavy atom. The summed E-state index contributed by atoms with van der Waals surface area (Å²) < 4.78 is 5.56. The minimum atomic E-state index is 0.513. The van der Waals surface area contributed by atoms with Gasteiger partial charge in [0, 0.05) is 25.6 Å². The van der Waals surface area contributed by atoms with E-state index in [0.717, 1.165) is 32.1 Å². The lowest BCUT2D eigenvalue weighted by Gasteiger charge is -2.29. The Kier molecular flexibility index (Phi) is 6.21. The van der Waals surface area contributed by atoms with Crippen LogP contribution in [0, 0.1) is 5.92 Å². The Bertz CT molecular complexity index is 351. The molecule has 1 saturated heterocycles. The lowest BCUT2D eigenvalue weighted by molar-refractivity contribution is 0.0416. The molecule has 0 aliphatic carbocycles. The fourth-order valence-corrected chi connectivity index (χ4v) is 3.16. The van der Waals surface area contributed by atoms with Crippen LogP contribution in [-0.2, 0) is 4.74 Å². The zero-order valence-electron chi connectivity index (χ0n) is 11.8. The molecule has 1 fully saturated rings. The van der Waals surface area contributed by atoms with Crippen LogP contribution < -0.4 is 0 Å².